The molecule has 2 aromatic rings. The summed E-state index contributed by atoms with van der Waals surface area (Å²) in [6.45, 7) is 4.24. The maximum Gasteiger partial charge on any atom is 0.336 e. The molecule has 1 N–H and O–H groups in total. The molecule has 4 heteroatoms. The molecule has 0 unspecified atom stereocenters. The Morgan fingerprint density at radius 1 is 1.40 bits per heavy atom. The zero-order chi connectivity index (χ0) is 14.5. The van der Waals surface area contributed by atoms with Crippen LogP contribution in [0.2, 0.25) is 0 Å². The van der Waals surface area contributed by atoms with E-state index in [4.69, 9.17) is 0 Å². The molecule has 1 aliphatic rings. The van der Waals surface area contributed by atoms with E-state index < -0.39 is 11.8 Å². The van der Waals surface area contributed by atoms with Crippen molar-refractivity contribution in [2.45, 2.75) is 33.1 Å². The van der Waals surface area contributed by atoms with Gasteiger partial charge in [-0.3, -0.25) is 4.98 Å². The highest BCUT2D eigenvalue weighted by molar-refractivity contribution is 6.04. The molecule has 0 bridgehead atoms. The summed E-state index contributed by atoms with van der Waals surface area (Å²) in [5.41, 5.74) is 2.45. The Hall–Kier alpha value is -1.97. The van der Waals surface area contributed by atoms with Crippen LogP contribution in [0.1, 0.15) is 41.9 Å². The van der Waals surface area contributed by atoms with Crippen LogP contribution >= 0.6 is 0 Å². The van der Waals surface area contributed by atoms with Crippen molar-refractivity contribution in [3.8, 4) is 0 Å². The standard InChI is InChI=1S/C16H16FNO2/c1-16(2)6-5-13-11(8-16)14(15(19)20)10-7-9(17)3-4-12(10)18-13/h3-4,7H,5-6,8H2,1-2H3,(H,19,20). The van der Waals surface area contributed by atoms with Crippen LogP contribution in [0, 0.1) is 11.2 Å². The van der Waals surface area contributed by atoms with Crippen molar-refractivity contribution in [1.82, 2.24) is 4.98 Å². The topological polar surface area (TPSA) is 50.2 Å². The lowest BCUT2D eigenvalue weighted by atomic mass is 9.74. The van der Waals surface area contributed by atoms with Crippen LogP contribution in [0.15, 0.2) is 18.2 Å². The summed E-state index contributed by atoms with van der Waals surface area (Å²) in [6, 6.07) is 4.14. The predicted octanol–water partition coefficient (Wildman–Crippen LogP) is 3.59. The van der Waals surface area contributed by atoms with Crippen LogP contribution in [0.5, 0.6) is 0 Å². The Balaban J connectivity index is 2.36. The maximum absolute atomic E-state index is 13.4. The molecule has 0 amide bonds. The molecule has 1 aliphatic carbocycles. The van der Waals surface area contributed by atoms with E-state index in [0.29, 0.717) is 17.3 Å². The number of hydrogen-bond acceptors (Lipinski definition) is 2. The Labute approximate surface area is 116 Å². The van der Waals surface area contributed by atoms with Crippen molar-refractivity contribution in [2.24, 2.45) is 5.41 Å². The number of rotatable bonds is 1. The molecule has 0 saturated carbocycles. The van der Waals surface area contributed by atoms with Crippen LogP contribution in [0.4, 0.5) is 4.39 Å². The minimum atomic E-state index is -1.00. The molecule has 0 saturated heterocycles. The molecule has 1 aromatic heterocycles. The van der Waals surface area contributed by atoms with Gasteiger partial charge in [-0.25, -0.2) is 9.18 Å². The fourth-order valence-corrected chi connectivity index (χ4v) is 2.99. The molecule has 0 aliphatic heterocycles. The van der Waals surface area contributed by atoms with Crippen molar-refractivity contribution < 1.29 is 14.3 Å². The van der Waals surface area contributed by atoms with E-state index in [1.165, 1.54) is 12.1 Å². The average Bonchev–Trinajstić information content (AvgIpc) is 2.35. The highest BCUT2D eigenvalue weighted by Gasteiger charge is 2.31. The Morgan fingerprint density at radius 3 is 2.85 bits per heavy atom. The minimum absolute atomic E-state index is 0.0554. The van der Waals surface area contributed by atoms with Gasteiger partial charge in [-0.05, 0) is 48.4 Å². The molecule has 0 fully saturated rings. The van der Waals surface area contributed by atoms with Crippen LogP contribution in [0.25, 0.3) is 10.9 Å². The number of aryl methyl sites for hydroxylation is 1. The maximum atomic E-state index is 13.4. The quantitative estimate of drug-likeness (QED) is 0.863. The largest absolute Gasteiger partial charge is 0.478 e. The van der Waals surface area contributed by atoms with Gasteiger partial charge >= 0.3 is 5.97 Å². The monoisotopic (exact) mass is 273 g/mol. The van der Waals surface area contributed by atoms with Gasteiger partial charge in [-0.1, -0.05) is 13.8 Å². The van der Waals surface area contributed by atoms with E-state index in [1.54, 1.807) is 6.07 Å². The van der Waals surface area contributed by atoms with Gasteiger partial charge in [-0.15, -0.1) is 0 Å². The first-order valence-electron chi connectivity index (χ1n) is 6.72. The third kappa shape index (κ3) is 2.05. The number of aromatic carboxylic acids is 1. The number of carbonyl (C=O) groups is 1. The number of hydrogen-bond donors (Lipinski definition) is 1. The van der Waals surface area contributed by atoms with Crippen LogP contribution < -0.4 is 0 Å². The van der Waals surface area contributed by atoms with Crippen molar-refractivity contribution in [3.63, 3.8) is 0 Å². The average molecular weight is 273 g/mol. The molecule has 20 heavy (non-hydrogen) atoms. The van der Waals surface area contributed by atoms with Crippen LogP contribution in [-0.4, -0.2) is 16.1 Å². The summed E-state index contributed by atoms with van der Waals surface area (Å²) in [4.78, 5) is 16.2. The molecule has 104 valence electrons. The van der Waals surface area contributed by atoms with E-state index >= 15 is 0 Å². The lowest BCUT2D eigenvalue weighted by Crippen LogP contribution is -2.25. The van der Waals surface area contributed by atoms with Gasteiger partial charge < -0.3 is 5.11 Å². The number of halogens is 1. The van der Waals surface area contributed by atoms with Crippen molar-refractivity contribution in [1.29, 1.82) is 0 Å². The number of carboxylic acid groups (broad SMARTS) is 1. The molecular weight excluding hydrogens is 257 g/mol. The predicted molar refractivity (Wildman–Crippen MR) is 74.5 cm³/mol. The number of aromatic nitrogens is 1. The summed E-state index contributed by atoms with van der Waals surface area (Å²) < 4.78 is 13.4. The van der Waals surface area contributed by atoms with Gasteiger partial charge in [0.25, 0.3) is 0 Å². The summed E-state index contributed by atoms with van der Waals surface area (Å²) in [7, 11) is 0. The molecule has 0 atom stereocenters. The lowest BCUT2D eigenvalue weighted by Gasteiger charge is -2.31. The fourth-order valence-electron chi connectivity index (χ4n) is 2.99. The van der Waals surface area contributed by atoms with Gasteiger partial charge in [0.2, 0.25) is 0 Å². The Kier molecular flexibility index (Phi) is 2.78. The van der Waals surface area contributed by atoms with E-state index in [9.17, 15) is 14.3 Å². The van der Waals surface area contributed by atoms with Crippen molar-refractivity contribution >= 4 is 16.9 Å². The summed E-state index contributed by atoms with van der Waals surface area (Å²) >= 11 is 0. The van der Waals surface area contributed by atoms with E-state index in [0.717, 1.165) is 24.1 Å². The van der Waals surface area contributed by atoms with Gasteiger partial charge in [0, 0.05) is 11.1 Å². The first-order chi connectivity index (χ1) is 9.37. The summed E-state index contributed by atoms with van der Waals surface area (Å²) in [5.74, 6) is -1.44. The third-order valence-electron chi connectivity index (χ3n) is 4.04. The van der Waals surface area contributed by atoms with Gasteiger partial charge in [0.15, 0.2) is 0 Å². The molecular formula is C16H16FNO2. The van der Waals surface area contributed by atoms with E-state index in [-0.39, 0.29) is 11.0 Å². The van der Waals surface area contributed by atoms with Gasteiger partial charge in [0.05, 0.1) is 11.1 Å². The summed E-state index contributed by atoms with van der Waals surface area (Å²) in [5, 5.41) is 9.95. The number of fused-ring (bicyclic) bond motifs is 2. The van der Waals surface area contributed by atoms with Crippen molar-refractivity contribution in [3.05, 3.63) is 40.8 Å². The second-order valence-corrected chi connectivity index (χ2v) is 6.22. The number of pyridine rings is 1. The molecule has 3 rings (SSSR count). The van der Waals surface area contributed by atoms with Gasteiger partial charge in [-0.2, -0.15) is 0 Å². The van der Waals surface area contributed by atoms with E-state index in [1.807, 2.05) is 0 Å². The SMILES string of the molecule is CC1(C)CCc2nc3ccc(F)cc3c(C(=O)O)c2C1. The smallest absolute Gasteiger partial charge is 0.336 e. The molecule has 1 heterocycles. The van der Waals surface area contributed by atoms with E-state index in [2.05, 4.69) is 18.8 Å². The zero-order valence-corrected chi connectivity index (χ0v) is 11.5. The molecule has 3 nitrogen and oxygen atoms in total. The minimum Gasteiger partial charge on any atom is -0.478 e. The van der Waals surface area contributed by atoms with Crippen LogP contribution in [-0.2, 0) is 12.8 Å². The highest BCUT2D eigenvalue weighted by Crippen LogP contribution is 2.37. The number of benzene rings is 1. The highest BCUT2D eigenvalue weighted by atomic mass is 19.1. The molecule has 0 spiro atoms. The second kappa shape index (κ2) is 4.27. The molecule has 1 aromatic carbocycles. The number of carboxylic acids is 1. The summed E-state index contributed by atoms with van der Waals surface area (Å²) in [6.07, 6.45) is 2.43. The zero-order valence-electron chi connectivity index (χ0n) is 11.5. The lowest BCUT2D eigenvalue weighted by molar-refractivity contribution is 0.0696. The van der Waals surface area contributed by atoms with Crippen LogP contribution in [0.3, 0.4) is 0 Å². The van der Waals surface area contributed by atoms with Gasteiger partial charge in [0.1, 0.15) is 5.82 Å². The second-order valence-electron chi connectivity index (χ2n) is 6.22. The normalized spacial score (nSPS) is 16.9. The fraction of sp³-hybridized carbons (Fsp3) is 0.375. The third-order valence-corrected chi connectivity index (χ3v) is 4.04. The first kappa shape index (κ1) is 13.0. The first-order valence-corrected chi connectivity index (χ1v) is 6.72. The Bertz CT molecular complexity index is 722. The van der Waals surface area contributed by atoms with Crippen molar-refractivity contribution in [2.75, 3.05) is 0 Å². The Morgan fingerprint density at radius 2 is 2.15 bits per heavy atom. The molecule has 0 radical (unpaired) electrons. The number of nitrogens with zero attached hydrogens (tertiary/aromatic N) is 1.